The van der Waals surface area contributed by atoms with Crippen molar-refractivity contribution in [1.82, 2.24) is 0 Å². The van der Waals surface area contributed by atoms with Crippen molar-refractivity contribution in [1.29, 1.82) is 0 Å². The molecule has 0 unspecified atom stereocenters. The average Bonchev–Trinajstić information content (AvgIpc) is 2.30. The van der Waals surface area contributed by atoms with E-state index >= 15 is 0 Å². The normalized spacial score (nSPS) is 10.1. The minimum absolute atomic E-state index is 0.0682. The second kappa shape index (κ2) is 5.32. The van der Waals surface area contributed by atoms with E-state index in [0.29, 0.717) is 0 Å². The first kappa shape index (κ1) is 11.4. The number of benzene rings is 2. The maximum absolute atomic E-state index is 11.9. The molecule has 0 aromatic heterocycles. The molecule has 0 aliphatic rings. The SMILES string of the molecule is O=C(Sc1cccc(Br)c1)c1ccccc1. The van der Waals surface area contributed by atoms with Gasteiger partial charge < -0.3 is 0 Å². The zero-order valence-electron chi connectivity index (χ0n) is 8.39. The van der Waals surface area contributed by atoms with Gasteiger partial charge in [0.25, 0.3) is 0 Å². The Bertz CT molecular complexity index is 496. The molecule has 80 valence electrons. The number of hydrogen-bond donors (Lipinski definition) is 0. The molecule has 0 bridgehead atoms. The van der Waals surface area contributed by atoms with Crippen LogP contribution in [0.1, 0.15) is 10.4 Å². The molecular formula is C13H9BrOS. The summed E-state index contributed by atoms with van der Waals surface area (Å²) in [5, 5.41) is 0.0682. The third kappa shape index (κ3) is 2.97. The van der Waals surface area contributed by atoms with Crippen molar-refractivity contribution < 1.29 is 4.79 Å². The fraction of sp³-hybridized carbons (Fsp3) is 0. The fourth-order valence-electron chi connectivity index (χ4n) is 1.27. The molecule has 2 rings (SSSR count). The van der Waals surface area contributed by atoms with Gasteiger partial charge in [0.1, 0.15) is 0 Å². The lowest BCUT2D eigenvalue weighted by atomic mass is 10.2. The van der Waals surface area contributed by atoms with Crippen LogP contribution >= 0.6 is 27.7 Å². The Balaban J connectivity index is 2.14. The number of halogens is 1. The standard InChI is InChI=1S/C13H9BrOS/c14-11-7-4-8-12(9-11)16-13(15)10-5-2-1-3-6-10/h1-9H. The first-order valence-corrected chi connectivity index (χ1v) is 6.39. The minimum Gasteiger partial charge on any atom is -0.281 e. The van der Waals surface area contributed by atoms with Gasteiger partial charge in [0, 0.05) is 14.9 Å². The summed E-state index contributed by atoms with van der Waals surface area (Å²) in [5.41, 5.74) is 0.729. The van der Waals surface area contributed by atoms with Gasteiger partial charge in [-0.05, 0) is 30.0 Å². The van der Waals surface area contributed by atoms with E-state index in [1.807, 2.05) is 54.6 Å². The third-order valence-corrected chi connectivity index (χ3v) is 3.42. The fourth-order valence-corrected chi connectivity index (χ4v) is 2.62. The van der Waals surface area contributed by atoms with Crippen LogP contribution in [0, 0.1) is 0 Å². The Morgan fingerprint density at radius 1 is 1.00 bits per heavy atom. The molecule has 0 heterocycles. The topological polar surface area (TPSA) is 17.1 Å². The van der Waals surface area contributed by atoms with E-state index in [4.69, 9.17) is 0 Å². The van der Waals surface area contributed by atoms with Crippen molar-refractivity contribution in [2.75, 3.05) is 0 Å². The average molecular weight is 293 g/mol. The molecule has 2 aromatic rings. The zero-order chi connectivity index (χ0) is 11.4. The number of carbonyl (C=O) groups excluding carboxylic acids is 1. The highest BCUT2D eigenvalue weighted by atomic mass is 79.9. The highest BCUT2D eigenvalue weighted by Gasteiger charge is 2.07. The number of hydrogen-bond acceptors (Lipinski definition) is 2. The molecule has 3 heteroatoms. The number of thioether (sulfide) groups is 1. The zero-order valence-corrected chi connectivity index (χ0v) is 10.8. The van der Waals surface area contributed by atoms with Crippen LogP contribution in [0.3, 0.4) is 0 Å². The summed E-state index contributed by atoms with van der Waals surface area (Å²) in [6, 6.07) is 17.0. The van der Waals surface area contributed by atoms with Crippen molar-refractivity contribution in [2.24, 2.45) is 0 Å². The largest absolute Gasteiger partial charge is 0.281 e. The van der Waals surface area contributed by atoms with Gasteiger partial charge in [-0.25, -0.2) is 0 Å². The van der Waals surface area contributed by atoms with Gasteiger partial charge in [-0.2, -0.15) is 0 Å². The summed E-state index contributed by atoms with van der Waals surface area (Å²) >= 11 is 4.63. The van der Waals surface area contributed by atoms with Crippen LogP contribution < -0.4 is 0 Å². The Morgan fingerprint density at radius 2 is 1.75 bits per heavy atom. The van der Waals surface area contributed by atoms with E-state index in [9.17, 15) is 4.79 Å². The molecule has 0 aliphatic carbocycles. The molecule has 0 spiro atoms. The summed E-state index contributed by atoms with van der Waals surface area (Å²) < 4.78 is 0.985. The van der Waals surface area contributed by atoms with Gasteiger partial charge >= 0.3 is 0 Å². The lowest BCUT2D eigenvalue weighted by molar-refractivity contribution is 0.108. The number of rotatable bonds is 2. The van der Waals surface area contributed by atoms with Crippen molar-refractivity contribution >= 4 is 32.8 Å². The summed E-state index contributed by atoms with van der Waals surface area (Å²) in [4.78, 5) is 12.8. The first-order chi connectivity index (χ1) is 7.75. The van der Waals surface area contributed by atoms with Crippen molar-refractivity contribution in [3.05, 3.63) is 64.6 Å². The molecule has 16 heavy (non-hydrogen) atoms. The van der Waals surface area contributed by atoms with Crippen molar-refractivity contribution in [3.8, 4) is 0 Å². The van der Waals surface area contributed by atoms with Crippen LogP contribution in [0.25, 0.3) is 0 Å². The van der Waals surface area contributed by atoms with E-state index in [-0.39, 0.29) is 5.12 Å². The van der Waals surface area contributed by atoms with Gasteiger partial charge in [0.05, 0.1) is 0 Å². The van der Waals surface area contributed by atoms with Crippen LogP contribution in [0.5, 0.6) is 0 Å². The Morgan fingerprint density at radius 3 is 2.44 bits per heavy atom. The maximum atomic E-state index is 11.9. The van der Waals surface area contributed by atoms with Gasteiger partial charge in [-0.1, -0.05) is 52.3 Å². The van der Waals surface area contributed by atoms with Gasteiger partial charge in [-0.15, -0.1) is 0 Å². The molecule has 0 aliphatic heterocycles. The minimum atomic E-state index is 0.0682. The molecule has 0 N–H and O–H groups in total. The van der Waals surface area contributed by atoms with Crippen LogP contribution in [0.4, 0.5) is 0 Å². The lowest BCUT2D eigenvalue weighted by Gasteiger charge is -2.01. The molecule has 0 fully saturated rings. The monoisotopic (exact) mass is 292 g/mol. The van der Waals surface area contributed by atoms with Crippen LogP contribution in [0.15, 0.2) is 64.0 Å². The Hall–Kier alpha value is -1.06. The van der Waals surface area contributed by atoms with Crippen LogP contribution in [-0.2, 0) is 0 Å². The predicted molar refractivity (Wildman–Crippen MR) is 70.8 cm³/mol. The van der Waals surface area contributed by atoms with Gasteiger partial charge in [0.15, 0.2) is 0 Å². The van der Waals surface area contributed by atoms with E-state index in [2.05, 4.69) is 15.9 Å². The Kier molecular flexibility index (Phi) is 3.80. The summed E-state index contributed by atoms with van der Waals surface area (Å²) in [7, 11) is 0. The molecular weight excluding hydrogens is 284 g/mol. The van der Waals surface area contributed by atoms with E-state index in [1.54, 1.807) is 0 Å². The van der Waals surface area contributed by atoms with E-state index < -0.39 is 0 Å². The third-order valence-electron chi connectivity index (χ3n) is 2.02. The predicted octanol–water partition coefficient (Wildman–Crippen LogP) is 4.38. The molecule has 0 amide bonds. The quantitative estimate of drug-likeness (QED) is 0.764. The number of carbonyl (C=O) groups is 1. The highest BCUT2D eigenvalue weighted by molar-refractivity contribution is 9.10. The molecule has 2 aromatic carbocycles. The molecule has 0 atom stereocenters. The lowest BCUT2D eigenvalue weighted by Crippen LogP contribution is -1.91. The van der Waals surface area contributed by atoms with Crippen molar-refractivity contribution in [2.45, 2.75) is 4.90 Å². The van der Waals surface area contributed by atoms with Crippen LogP contribution in [-0.4, -0.2) is 5.12 Å². The molecule has 0 saturated heterocycles. The summed E-state index contributed by atoms with van der Waals surface area (Å²) in [5.74, 6) is 0. The second-order valence-electron chi connectivity index (χ2n) is 3.21. The second-order valence-corrected chi connectivity index (χ2v) is 5.17. The van der Waals surface area contributed by atoms with Crippen LogP contribution in [0.2, 0.25) is 0 Å². The summed E-state index contributed by atoms with van der Waals surface area (Å²) in [6.45, 7) is 0. The molecule has 0 saturated carbocycles. The maximum Gasteiger partial charge on any atom is 0.224 e. The van der Waals surface area contributed by atoms with E-state index in [1.165, 1.54) is 11.8 Å². The molecule has 1 nitrogen and oxygen atoms in total. The smallest absolute Gasteiger partial charge is 0.224 e. The Labute approximate surface area is 107 Å². The first-order valence-electron chi connectivity index (χ1n) is 4.78. The van der Waals surface area contributed by atoms with E-state index in [0.717, 1.165) is 14.9 Å². The highest BCUT2D eigenvalue weighted by Crippen LogP contribution is 2.25. The molecule has 0 radical (unpaired) electrons. The van der Waals surface area contributed by atoms with Gasteiger partial charge in [0.2, 0.25) is 5.12 Å². The van der Waals surface area contributed by atoms with Gasteiger partial charge in [-0.3, -0.25) is 4.79 Å². The van der Waals surface area contributed by atoms with Crippen molar-refractivity contribution in [3.63, 3.8) is 0 Å². The summed E-state index contributed by atoms with van der Waals surface area (Å²) in [6.07, 6.45) is 0.